The van der Waals surface area contributed by atoms with E-state index in [9.17, 15) is 19.2 Å². The lowest BCUT2D eigenvalue weighted by Gasteiger charge is -2.12. The minimum Gasteiger partial charge on any atom is -0.481 e. The van der Waals surface area contributed by atoms with E-state index >= 15 is 0 Å². The van der Waals surface area contributed by atoms with Crippen LogP contribution in [0.5, 0.6) is 0 Å². The highest BCUT2D eigenvalue weighted by molar-refractivity contribution is 6.01. The smallest absolute Gasteiger partial charge is 0.333 e. The zero-order valence-corrected chi connectivity index (χ0v) is 18.4. The number of aliphatic carboxylic acids is 1. The Morgan fingerprint density at radius 2 is 0.967 bits per heavy atom. The van der Waals surface area contributed by atoms with Crippen LogP contribution in [0.2, 0.25) is 0 Å². The maximum atomic E-state index is 11.7. The van der Waals surface area contributed by atoms with Crippen LogP contribution in [0.4, 0.5) is 0 Å². The Kier molecular flexibility index (Phi) is 14.7. The second-order valence-electron chi connectivity index (χ2n) is 8.24. The van der Waals surface area contributed by atoms with Gasteiger partial charge in [0.05, 0.1) is 0 Å². The van der Waals surface area contributed by atoms with Gasteiger partial charge < -0.3 is 9.94 Å². The number of hydroxylamine groups is 2. The Labute approximate surface area is 180 Å². The van der Waals surface area contributed by atoms with Crippen LogP contribution in [0.25, 0.3) is 0 Å². The quantitative estimate of drug-likeness (QED) is 0.222. The number of imide groups is 1. The molecule has 0 unspecified atom stereocenters. The summed E-state index contributed by atoms with van der Waals surface area (Å²) in [5.41, 5.74) is 0. The molecule has 172 valence electrons. The van der Waals surface area contributed by atoms with E-state index in [0.29, 0.717) is 11.5 Å². The van der Waals surface area contributed by atoms with Crippen LogP contribution in [0.3, 0.4) is 0 Å². The number of nitrogens with zero attached hydrogens (tertiary/aromatic N) is 1. The summed E-state index contributed by atoms with van der Waals surface area (Å²) in [6.07, 6.45) is 17.9. The maximum absolute atomic E-state index is 11.7. The summed E-state index contributed by atoms with van der Waals surface area (Å²) in [5, 5.41) is 9.19. The topological polar surface area (TPSA) is 101 Å². The van der Waals surface area contributed by atoms with Crippen molar-refractivity contribution in [2.45, 2.75) is 122 Å². The van der Waals surface area contributed by atoms with Crippen LogP contribution < -0.4 is 0 Å². The Bertz CT molecular complexity index is 518. The number of carboxylic acid groups (broad SMARTS) is 1. The predicted molar refractivity (Wildman–Crippen MR) is 113 cm³/mol. The molecule has 0 spiro atoms. The van der Waals surface area contributed by atoms with Crippen LogP contribution in [-0.2, 0) is 24.0 Å². The van der Waals surface area contributed by atoms with E-state index in [1.807, 2.05) is 0 Å². The number of carboxylic acids is 1. The first kappa shape index (κ1) is 26.1. The van der Waals surface area contributed by atoms with Crippen molar-refractivity contribution in [2.24, 2.45) is 0 Å². The number of carbonyl (C=O) groups is 4. The van der Waals surface area contributed by atoms with Crippen molar-refractivity contribution in [1.82, 2.24) is 5.06 Å². The fraction of sp³-hybridized carbons (Fsp3) is 0.826. The van der Waals surface area contributed by atoms with E-state index in [1.54, 1.807) is 0 Å². The highest BCUT2D eigenvalue weighted by Crippen LogP contribution is 2.15. The van der Waals surface area contributed by atoms with Crippen LogP contribution in [0.15, 0.2) is 0 Å². The lowest BCUT2D eigenvalue weighted by atomic mass is 10.0. The van der Waals surface area contributed by atoms with Crippen molar-refractivity contribution in [1.29, 1.82) is 0 Å². The van der Waals surface area contributed by atoms with Crippen LogP contribution in [0, 0.1) is 0 Å². The summed E-state index contributed by atoms with van der Waals surface area (Å²) in [4.78, 5) is 49.7. The number of amides is 2. The van der Waals surface area contributed by atoms with Gasteiger partial charge in [0.25, 0.3) is 11.8 Å². The Morgan fingerprint density at radius 1 is 0.633 bits per heavy atom. The summed E-state index contributed by atoms with van der Waals surface area (Å²) < 4.78 is 0. The van der Waals surface area contributed by atoms with Gasteiger partial charge in [-0.15, -0.1) is 5.06 Å². The number of hydrogen-bond donors (Lipinski definition) is 1. The Balaban J connectivity index is 1.77. The lowest BCUT2D eigenvalue weighted by molar-refractivity contribution is -0.197. The minimum absolute atomic E-state index is 0.127. The van der Waals surface area contributed by atoms with Crippen molar-refractivity contribution < 1.29 is 29.1 Å². The molecular weight excluding hydrogens is 386 g/mol. The summed E-state index contributed by atoms with van der Waals surface area (Å²) >= 11 is 0. The van der Waals surface area contributed by atoms with Crippen LogP contribution >= 0.6 is 0 Å². The van der Waals surface area contributed by atoms with E-state index in [2.05, 4.69) is 0 Å². The summed E-state index contributed by atoms with van der Waals surface area (Å²) in [6, 6.07) is 0. The van der Waals surface area contributed by atoms with Gasteiger partial charge in [-0.25, -0.2) is 4.79 Å². The molecule has 1 saturated heterocycles. The van der Waals surface area contributed by atoms with Gasteiger partial charge in [0, 0.05) is 25.7 Å². The molecule has 7 nitrogen and oxygen atoms in total. The van der Waals surface area contributed by atoms with Crippen molar-refractivity contribution >= 4 is 23.8 Å². The molecule has 1 heterocycles. The van der Waals surface area contributed by atoms with Crippen molar-refractivity contribution in [3.05, 3.63) is 0 Å². The third kappa shape index (κ3) is 13.3. The first-order valence-corrected chi connectivity index (χ1v) is 11.8. The van der Waals surface area contributed by atoms with Gasteiger partial charge in [0.1, 0.15) is 0 Å². The molecule has 30 heavy (non-hydrogen) atoms. The van der Waals surface area contributed by atoms with E-state index < -0.39 is 23.8 Å². The highest BCUT2D eigenvalue weighted by Gasteiger charge is 2.32. The Hall–Kier alpha value is -1.92. The van der Waals surface area contributed by atoms with Crippen LogP contribution in [-0.4, -0.2) is 33.9 Å². The van der Waals surface area contributed by atoms with E-state index in [-0.39, 0.29) is 19.3 Å². The van der Waals surface area contributed by atoms with E-state index in [4.69, 9.17) is 9.94 Å². The van der Waals surface area contributed by atoms with Gasteiger partial charge in [-0.2, -0.15) is 0 Å². The zero-order chi connectivity index (χ0) is 22.0. The van der Waals surface area contributed by atoms with Gasteiger partial charge in [0.15, 0.2) is 0 Å². The molecule has 0 aromatic heterocycles. The van der Waals surface area contributed by atoms with Crippen molar-refractivity contribution in [3.63, 3.8) is 0 Å². The first-order valence-electron chi connectivity index (χ1n) is 11.8. The molecule has 1 fully saturated rings. The molecule has 0 aromatic rings. The molecule has 1 N–H and O–H groups in total. The summed E-state index contributed by atoms with van der Waals surface area (Å²) in [5.74, 6) is -2.05. The first-order chi connectivity index (χ1) is 14.5. The fourth-order valence-corrected chi connectivity index (χ4v) is 3.65. The molecule has 7 heteroatoms. The van der Waals surface area contributed by atoms with Gasteiger partial charge in [-0.3, -0.25) is 14.4 Å². The average molecular weight is 426 g/mol. The fourth-order valence-electron chi connectivity index (χ4n) is 3.65. The molecule has 0 saturated carbocycles. The second-order valence-corrected chi connectivity index (χ2v) is 8.24. The number of carbonyl (C=O) groups excluding carboxylic acids is 3. The SMILES string of the molecule is O=C(O)CCCCCCCCCCCCCCCCCC(=O)ON1C(=O)CCC1=O. The van der Waals surface area contributed by atoms with Gasteiger partial charge in [-0.1, -0.05) is 83.5 Å². The third-order valence-electron chi connectivity index (χ3n) is 5.47. The number of rotatable bonds is 19. The molecule has 1 aliphatic heterocycles. The summed E-state index contributed by atoms with van der Waals surface area (Å²) in [7, 11) is 0. The molecule has 0 radical (unpaired) electrons. The van der Waals surface area contributed by atoms with E-state index in [0.717, 1.165) is 38.5 Å². The van der Waals surface area contributed by atoms with Crippen LogP contribution in [0.1, 0.15) is 122 Å². The molecule has 1 rings (SSSR count). The largest absolute Gasteiger partial charge is 0.481 e. The zero-order valence-electron chi connectivity index (χ0n) is 18.4. The van der Waals surface area contributed by atoms with Gasteiger partial charge in [0.2, 0.25) is 0 Å². The maximum Gasteiger partial charge on any atom is 0.333 e. The minimum atomic E-state index is -0.690. The Morgan fingerprint density at radius 3 is 1.33 bits per heavy atom. The molecule has 0 atom stereocenters. The third-order valence-corrected chi connectivity index (χ3v) is 5.47. The normalized spacial score (nSPS) is 13.8. The molecule has 1 aliphatic rings. The number of unbranched alkanes of at least 4 members (excludes halogenated alkanes) is 14. The monoisotopic (exact) mass is 425 g/mol. The molecule has 0 aromatic carbocycles. The summed E-state index contributed by atoms with van der Waals surface area (Å²) in [6.45, 7) is 0. The molecular formula is C23H39NO6. The predicted octanol–water partition coefficient (Wildman–Crippen LogP) is 5.31. The molecule has 0 aliphatic carbocycles. The standard InChI is InChI=1S/C23H39NO6/c25-20-18-19-21(26)24(20)30-23(29)17-15-13-11-9-7-5-3-1-2-4-6-8-10-12-14-16-22(27)28/h1-19H2,(H,27,28). The van der Waals surface area contributed by atoms with Crippen molar-refractivity contribution in [3.8, 4) is 0 Å². The highest BCUT2D eigenvalue weighted by atomic mass is 16.7. The van der Waals surface area contributed by atoms with Gasteiger partial charge in [-0.05, 0) is 12.8 Å². The number of hydrogen-bond acceptors (Lipinski definition) is 5. The molecule has 0 bridgehead atoms. The lowest BCUT2D eigenvalue weighted by Crippen LogP contribution is -2.31. The molecule has 2 amide bonds. The average Bonchev–Trinajstić information content (AvgIpc) is 3.02. The van der Waals surface area contributed by atoms with Gasteiger partial charge >= 0.3 is 11.9 Å². The van der Waals surface area contributed by atoms with Crippen molar-refractivity contribution in [2.75, 3.05) is 0 Å². The van der Waals surface area contributed by atoms with E-state index in [1.165, 1.54) is 57.8 Å². The second kappa shape index (κ2) is 16.8.